The maximum atomic E-state index is 12.0. The Hall–Kier alpha value is -0.680. The Morgan fingerprint density at radius 1 is 1.31 bits per heavy atom. The first-order valence-electron chi connectivity index (χ1n) is 5.01. The molecule has 0 saturated carbocycles. The fourth-order valence-corrected chi connectivity index (χ4v) is 2.67. The van der Waals surface area contributed by atoms with E-state index in [9.17, 15) is 8.42 Å². The van der Waals surface area contributed by atoms with Gasteiger partial charge in [0.05, 0.1) is 5.25 Å². The minimum absolute atomic E-state index is 0.0550. The lowest BCUT2D eigenvalue weighted by atomic mass is 10.1. The van der Waals surface area contributed by atoms with Crippen molar-refractivity contribution in [3.8, 4) is 0 Å². The van der Waals surface area contributed by atoms with Gasteiger partial charge < -0.3 is 0 Å². The third kappa shape index (κ3) is 2.71. The van der Waals surface area contributed by atoms with E-state index in [1.165, 1.54) is 12.4 Å². The van der Waals surface area contributed by atoms with E-state index < -0.39 is 15.1 Å². The van der Waals surface area contributed by atoms with Crippen molar-refractivity contribution in [3.05, 3.63) is 18.1 Å². The van der Waals surface area contributed by atoms with E-state index in [2.05, 4.69) is 9.97 Å². The van der Waals surface area contributed by atoms with Gasteiger partial charge in [0.2, 0.25) is 0 Å². The van der Waals surface area contributed by atoms with Crippen LogP contribution in [0.4, 0.5) is 0 Å². The molecule has 0 fully saturated rings. The molecule has 1 aromatic rings. The van der Waals surface area contributed by atoms with Gasteiger partial charge in [0.15, 0.2) is 14.9 Å². The van der Waals surface area contributed by atoms with Gasteiger partial charge in [0.25, 0.3) is 0 Å². The Labute approximate surface area is 101 Å². The molecule has 0 spiro atoms. The molecule has 6 heteroatoms. The zero-order valence-corrected chi connectivity index (χ0v) is 11.1. The molecule has 0 aliphatic carbocycles. The van der Waals surface area contributed by atoms with E-state index in [0.717, 1.165) is 5.69 Å². The number of aromatic nitrogens is 2. The SMILES string of the molecule is CC(C)c1cc(S(=O)(=O)C(C)CCl)ncn1. The molecule has 90 valence electrons. The number of halogens is 1. The molecule has 0 aliphatic rings. The summed E-state index contributed by atoms with van der Waals surface area (Å²) in [7, 11) is -3.43. The van der Waals surface area contributed by atoms with E-state index in [4.69, 9.17) is 11.6 Å². The lowest BCUT2D eigenvalue weighted by Gasteiger charge is -2.10. The molecule has 1 unspecified atom stereocenters. The van der Waals surface area contributed by atoms with Crippen LogP contribution < -0.4 is 0 Å². The zero-order valence-electron chi connectivity index (χ0n) is 9.51. The maximum Gasteiger partial charge on any atom is 0.199 e. The molecule has 0 radical (unpaired) electrons. The molecular formula is C10H15ClN2O2S. The third-order valence-electron chi connectivity index (χ3n) is 2.29. The monoisotopic (exact) mass is 262 g/mol. The molecule has 1 atom stereocenters. The van der Waals surface area contributed by atoms with E-state index in [-0.39, 0.29) is 16.8 Å². The Kier molecular flexibility index (Phi) is 4.27. The van der Waals surface area contributed by atoms with Gasteiger partial charge in [-0.3, -0.25) is 0 Å². The molecule has 16 heavy (non-hydrogen) atoms. The summed E-state index contributed by atoms with van der Waals surface area (Å²) < 4.78 is 23.9. The lowest BCUT2D eigenvalue weighted by molar-refractivity contribution is 0.582. The number of rotatable bonds is 4. The fraction of sp³-hybridized carbons (Fsp3) is 0.600. The number of alkyl halides is 1. The Balaban J connectivity index is 3.19. The molecule has 4 nitrogen and oxygen atoms in total. The van der Waals surface area contributed by atoms with Gasteiger partial charge in [-0.15, -0.1) is 11.6 Å². The van der Waals surface area contributed by atoms with Crippen LogP contribution in [0.3, 0.4) is 0 Å². The van der Waals surface area contributed by atoms with Crippen LogP contribution >= 0.6 is 11.6 Å². The van der Waals surface area contributed by atoms with Gasteiger partial charge in [-0.25, -0.2) is 18.4 Å². The lowest BCUT2D eigenvalue weighted by Crippen LogP contribution is -2.21. The second-order valence-electron chi connectivity index (χ2n) is 3.95. The number of nitrogens with zero attached hydrogens (tertiary/aromatic N) is 2. The van der Waals surface area contributed by atoms with Crippen LogP contribution in [-0.2, 0) is 9.84 Å². The summed E-state index contributed by atoms with van der Waals surface area (Å²) >= 11 is 5.57. The van der Waals surface area contributed by atoms with Gasteiger partial charge in [-0.1, -0.05) is 13.8 Å². The molecule has 1 rings (SSSR count). The summed E-state index contributed by atoms with van der Waals surface area (Å²) in [5, 5.41) is -0.580. The van der Waals surface area contributed by atoms with Crippen molar-refractivity contribution in [1.29, 1.82) is 0 Å². The third-order valence-corrected chi connectivity index (χ3v) is 4.97. The van der Waals surface area contributed by atoms with Crippen LogP contribution in [0.15, 0.2) is 17.4 Å². The van der Waals surface area contributed by atoms with Crippen molar-refractivity contribution in [3.63, 3.8) is 0 Å². The Morgan fingerprint density at radius 3 is 2.44 bits per heavy atom. The second kappa shape index (κ2) is 5.10. The fourth-order valence-electron chi connectivity index (χ4n) is 1.11. The van der Waals surface area contributed by atoms with Gasteiger partial charge >= 0.3 is 0 Å². The molecule has 0 saturated heterocycles. The highest BCUT2D eigenvalue weighted by atomic mass is 35.5. The molecular weight excluding hydrogens is 248 g/mol. The predicted molar refractivity (Wildman–Crippen MR) is 63.5 cm³/mol. The van der Waals surface area contributed by atoms with Gasteiger partial charge in [-0.2, -0.15) is 0 Å². The molecule has 1 heterocycles. The van der Waals surface area contributed by atoms with Crippen molar-refractivity contribution in [2.75, 3.05) is 5.88 Å². The first kappa shape index (κ1) is 13.4. The van der Waals surface area contributed by atoms with Crippen LogP contribution in [0.25, 0.3) is 0 Å². The van der Waals surface area contributed by atoms with Crippen molar-refractivity contribution in [2.45, 2.75) is 37.0 Å². The van der Waals surface area contributed by atoms with Gasteiger partial charge in [0, 0.05) is 11.6 Å². The largest absolute Gasteiger partial charge is 0.241 e. The van der Waals surface area contributed by atoms with Gasteiger partial charge in [0.1, 0.15) is 6.33 Å². The van der Waals surface area contributed by atoms with Crippen molar-refractivity contribution in [1.82, 2.24) is 9.97 Å². The first-order valence-corrected chi connectivity index (χ1v) is 7.09. The quantitative estimate of drug-likeness (QED) is 0.615. The Morgan fingerprint density at radius 2 is 1.94 bits per heavy atom. The number of hydrogen-bond acceptors (Lipinski definition) is 4. The average Bonchev–Trinajstić information content (AvgIpc) is 2.28. The van der Waals surface area contributed by atoms with Crippen molar-refractivity contribution >= 4 is 21.4 Å². The summed E-state index contributed by atoms with van der Waals surface area (Å²) in [4.78, 5) is 7.83. The number of sulfone groups is 1. The van der Waals surface area contributed by atoms with Crippen LogP contribution in [0.2, 0.25) is 0 Å². The second-order valence-corrected chi connectivity index (χ2v) is 6.57. The summed E-state index contributed by atoms with van der Waals surface area (Å²) in [6, 6.07) is 1.52. The molecule has 1 aromatic heterocycles. The zero-order chi connectivity index (χ0) is 12.3. The van der Waals surface area contributed by atoms with E-state index in [1.54, 1.807) is 6.92 Å². The Bertz CT molecular complexity index is 460. The summed E-state index contributed by atoms with van der Waals surface area (Å²) in [5.41, 5.74) is 0.718. The highest BCUT2D eigenvalue weighted by molar-refractivity contribution is 7.92. The minimum atomic E-state index is -3.43. The van der Waals surface area contributed by atoms with Gasteiger partial charge in [-0.05, 0) is 18.9 Å². The van der Waals surface area contributed by atoms with E-state index >= 15 is 0 Å². The summed E-state index contributed by atoms with van der Waals surface area (Å²) in [6.45, 7) is 5.47. The van der Waals surface area contributed by atoms with Crippen molar-refractivity contribution < 1.29 is 8.42 Å². The minimum Gasteiger partial charge on any atom is -0.241 e. The molecule has 0 aliphatic heterocycles. The smallest absolute Gasteiger partial charge is 0.199 e. The highest BCUT2D eigenvalue weighted by Gasteiger charge is 2.24. The normalized spacial score (nSPS) is 14.1. The molecule has 0 bridgehead atoms. The molecule has 0 N–H and O–H groups in total. The first-order chi connectivity index (χ1) is 7.39. The topological polar surface area (TPSA) is 59.9 Å². The number of hydrogen-bond donors (Lipinski definition) is 0. The molecule has 0 aromatic carbocycles. The molecule has 0 amide bonds. The van der Waals surface area contributed by atoms with E-state index in [0.29, 0.717) is 0 Å². The van der Waals surface area contributed by atoms with Crippen LogP contribution in [0, 0.1) is 0 Å². The van der Waals surface area contributed by atoms with Crippen LogP contribution in [0.1, 0.15) is 32.4 Å². The summed E-state index contributed by atoms with van der Waals surface area (Å²) in [6.07, 6.45) is 1.28. The van der Waals surface area contributed by atoms with E-state index in [1.807, 2.05) is 13.8 Å². The summed E-state index contributed by atoms with van der Waals surface area (Å²) in [5.74, 6) is 0.229. The van der Waals surface area contributed by atoms with Crippen LogP contribution in [-0.4, -0.2) is 29.5 Å². The average molecular weight is 263 g/mol. The predicted octanol–water partition coefficient (Wildman–Crippen LogP) is 2.00. The standard InChI is InChI=1S/C10H15ClN2O2S/c1-7(2)9-4-10(13-6-12-9)16(14,15)8(3)5-11/h4,6-8H,5H2,1-3H3. The van der Waals surface area contributed by atoms with Crippen LogP contribution in [0.5, 0.6) is 0 Å². The maximum absolute atomic E-state index is 12.0. The van der Waals surface area contributed by atoms with Crippen molar-refractivity contribution in [2.24, 2.45) is 0 Å². The highest BCUT2D eigenvalue weighted by Crippen LogP contribution is 2.18.